The van der Waals surface area contributed by atoms with E-state index in [-0.39, 0.29) is 11.9 Å². The Morgan fingerprint density at radius 2 is 1.91 bits per heavy atom. The quantitative estimate of drug-likeness (QED) is 0.744. The van der Waals surface area contributed by atoms with Crippen LogP contribution in [0.3, 0.4) is 0 Å². The molecule has 0 aliphatic heterocycles. The molecule has 2 N–H and O–H groups in total. The first-order valence-corrected chi connectivity index (χ1v) is 8.00. The summed E-state index contributed by atoms with van der Waals surface area (Å²) in [7, 11) is 0. The second-order valence-electron chi connectivity index (χ2n) is 5.77. The lowest BCUT2D eigenvalue weighted by atomic mass is 10.1. The van der Waals surface area contributed by atoms with E-state index < -0.39 is 0 Å². The summed E-state index contributed by atoms with van der Waals surface area (Å²) >= 11 is 0. The lowest BCUT2D eigenvalue weighted by molar-refractivity contribution is 0.0932. The molecule has 0 spiro atoms. The van der Waals surface area contributed by atoms with Crippen LogP contribution in [-0.2, 0) is 0 Å². The number of nitrogens with one attached hydrogen (secondary N) is 2. The number of rotatable bonds is 5. The van der Waals surface area contributed by atoms with E-state index in [1.807, 2.05) is 55.5 Å². The van der Waals surface area contributed by atoms with Crippen LogP contribution in [0.4, 0.5) is 0 Å². The second kappa shape index (κ2) is 6.65. The van der Waals surface area contributed by atoms with Crippen LogP contribution in [0.15, 0.2) is 48.5 Å². The molecule has 4 nitrogen and oxygen atoms in total. The Morgan fingerprint density at radius 3 is 2.65 bits per heavy atom. The number of imidazole rings is 1. The third kappa shape index (κ3) is 3.26. The summed E-state index contributed by atoms with van der Waals surface area (Å²) in [5, 5.41) is 3.12. The monoisotopic (exact) mass is 307 g/mol. The van der Waals surface area contributed by atoms with E-state index in [2.05, 4.69) is 22.2 Å². The molecule has 3 aromatic rings. The van der Waals surface area contributed by atoms with E-state index in [4.69, 9.17) is 0 Å². The number of aromatic amines is 1. The summed E-state index contributed by atoms with van der Waals surface area (Å²) < 4.78 is 0. The predicted molar refractivity (Wildman–Crippen MR) is 92.4 cm³/mol. The van der Waals surface area contributed by atoms with Gasteiger partial charge in [0.2, 0.25) is 0 Å². The third-order valence-electron chi connectivity index (χ3n) is 4.01. The SMILES string of the molecule is CCC[C@H](NC(=O)c1ccccc1C)c1nc2ccccc2[nH]1. The summed E-state index contributed by atoms with van der Waals surface area (Å²) in [4.78, 5) is 20.5. The van der Waals surface area contributed by atoms with E-state index in [0.717, 1.165) is 35.3 Å². The molecule has 0 radical (unpaired) electrons. The van der Waals surface area contributed by atoms with Crippen molar-refractivity contribution in [1.82, 2.24) is 15.3 Å². The molecule has 0 fully saturated rings. The molecule has 2 aromatic carbocycles. The Labute approximate surface area is 136 Å². The van der Waals surface area contributed by atoms with E-state index in [1.165, 1.54) is 0 Å². The molecule has 1 aromatic heterocycles. The number of aryl methyl sites for hydroxylation is 1. The zero-order valence-corrected chi connectivity index (χ0v) is 13.5. The van der Waals surface area contributed by atoms with Gasteiger partial charge in [-0.15, -0.1) is 0 Å². The van der Waals surface area contributed by atoms with Crippen molar-refractivity contribution in [1.29, 1.82) is 0 Å². The lowest BCUT2D eigenvalue weighted by Crippen LogP contribution is -2.29. The minimum Gasteiger partial charge on any atom is -0.342 e. The molecule has 0 saturated heterocycles. The average Bonchev–Trinajstić information content (AvgIpc) is 2.98. The maximum atomic E-state index is 12.6. The normalized spacial score (nSPS) is 12.3. The number of fused-ring (bicyclic) bond motifs is 1. The minimum atomic E-state index is -0.112. The van der Waals surface area contributed by atoms with Crippen molar-refractivity contribution >= 4 is 16.9 Å². The molecular weight excluding hydrogens is 286 g/mol. The van der Waals surface area contributed by atoms with Gasteiger partial charge in [-0.2, -0.15) is 0 Å². The van der Waals surface area contributed by atoms with Gasteiger partial charge in [0, 0.05) is 5.56 Å². The number of benzene rings is 2. The Bertz CT molecular complexity index is 789. The van der Waals surface area contributed by atoms with Crippen LogP contribution >= 0.6 is 0 Å². The van der Waals surface area contributed by atoms with Crippen molar-refractivity contribution in [2.24, 2.45) is 0 Å². The number of amides is 1. The van der Waals surface area contributed by atoms with Gasteiger partial charge in [-0.05, 0) is 37.1 Å². The van der Waals surface area contributed by atoms with Crippen molar-refractivity contribution < 1.29 is 4.79 Å². The number of carbonyl (C=O) groups excluding carboxylic acids is 1. The second-order valence-corrected chi connectivity index (χ2v) is 5.77. The Hall–Kier alpha value is -2.62. The molecule has 0 aliphatic carbocycles. The predicted octanol–water partition coefficient (Wildman–Crippen LogP) is 4.14. The highest BCUT2D eigenvalue weighted by atomic mass is 16.1. The molecule has 0 aliphatic rings. The first-order chi connectivity index (χ1) is 11.2. The first kappa shape index (κ1) is 15.3. The lowest BCUT2D eigenvalue weighted by Gasteiger charge is -2.16. The molecular formula is C19H21N3O. The number of carbonyl (C=O) groups is 1. The fourth-order valence-corrected chi connectivity index (χ4v) is 2.77. The average molecular weight is 307 g/mol. The fraction of sp³-hybridized carbons (Fsp3) is 0.263. The molecule has 3 rings (SSSR count). The van der Waals surface area contributed by atoms with Crippen LogP contribution in [0.5, 0.6) is 0 Å². The highest BCUT2D eigenvalue weighted by Crippen LogP contribution is 2.20. The van der Waals surface area contributed by atoms with E-state index in [9.17, 15) is 4.79 Å². The van der Waals surface area contributed by atoms with Crippen molar-refractivity contribution in [2.75, 3.05) is 0 Å². The van der Waals surface area contributed by atoms with Gasteiger partial charge >= 0.3 is 0 Å². The number of nitrogens with zero attached hydrogens (tertiary/aromatic N) is 1. The zero-order chi connectivity index (χ0) is 16.2. The largest absolute Gasteiger partial charge is 0.342 e. The molecule has 1 heterocycles. The summed E-state index contributed by atoms with van der Waals surface area (Å²) in [6.45, 7) is 4.06. The summed E-state index contributed by atoms with van der Waals surface area (Å²) in [5.41, 5.74) is 3.61. The van der Waals surface area contributed by atoms with Gasteiger partial charge in [-0.3, -0.25) is 4.79 Å². The molecule has 0 unspecified atom stereocenters. The Morgan fingerprint density at radius 1 is 1.17 bits per heavy atom. The molecule has 118 valence electrons. The van der Waals surface area contributed by atoms with E-state index >= 15 is 0 Å². The highest BCUT2D eigenvalue weighted by Gasteiger charge is 2.19. The van der Waals surface area contributed by atoms with Crippen LogP contribution in [0.25, 0.3) is 11.0 Å². The molecule has 0 saturated carbocycles. The van der Waals surface area contributed by atoms with Crippen LogP contribution in [-0.4, -0.2) is 15.9 Å². The van der Waals surface area contributed by atoms with Crippen molar-refractivity contribution in [3.63, 3.8) is 0 Å². The maximum Gasteiger partial charge on any atom is 0.252 e. The third-order valence-corrected chi connectivity index (χ3v) is 4.01. The maximum absolute atomic E-state index is 12.6. The first-order valence-electron chi connectivity index (χ1n) is 8.00. The number of para-hydroxylation sites is 2. The molecule has 4 heteroatoms. The van der Waals surface area contributed by atoms with Crippen LogP contribution in [0.1, 0.15) is 47.6 Å². The van der Waals surface area contributed by atoms with Gasteiger partial charge in [0.15, 0.2) is 0 Å². The van der Waals surface area contributed by atoms with Crippen molar-refractivity contribution in [3.8, 4) is 0 Å². The summed E-state index contributed by atoms with van der Waals surface area (Å²) in [6.07, 6.45) is 1.81. The summed E-state index contributed by atoms with van der Waals surface area (Å²) in [5.74, 6) is 0.761. The Kier molecular flexibility index (Phi) is 4.42. The molecule has 1 amide bonds. The van der Waals surface area contributed by atoms with Crippen molar-refractivity contribution in [2.45, 2.75) is 32.7 Å². The Balaban J connectivity index is 1.87. The van der Waals surface area contributed by atoms with Gasteiger partial charge in [0.25, 0.3) is 5.91 Å². The van der Waals surface area contributed by atoms with Gasteiger partial charge in [0.1, 0.15) is 5.82 Å². The standard InChI is InChI=1S/C19H21N3O/c1-3-8-17(18-20-15-11-6-7-12-16(15)21-18)22-19(23)14-10-5-4-9-13(14)2/h4-7,9-12,17H,3,8H2,1-2H3,(H,20,21)(H,22,23)/t17-/m0/s1. The van der Waals surface area contributed by atoms with Gasteiger partial charge in [-0.1, -0.05) is 43.7 Å². The highest BCUT2D eigenvalue weighted by molar-refractivity contribution is 5.95. The van der Waals surface area contributed by atoms with Crippen LogP contribution in [0, 0.1) is 6.92 Å². The number of hydrogen-bond donors (Lipinski definition) is 2. The smallest absolute Gasteiger partial charge is 0.252 e. The van der Waals surface area contributed by atoms with Gasteiger partial charge in [0.05, 0.1) is 17.1 Å². The molecule has 1 atom stereocenters. The van der Waals surface area contributed by atoms with Crippen LogP contribution < -0.4 is 5.32 Å². The molecule has 0 bridgehead atoms. The number of aromatic nitrogens is 2. The van der Waals surface area contributed by atoms with Gasteiger partial charge in [-0.25, -0.2) is 4.98 Å². The molecule has 23 heavy (non-hydrogen) atoms. The number of hydrogen-bond acceptors (Lipinski definition) is 2. The number of H-pyrrole nitrogens is 1. The van der Waals surface area contributed by atoms with E-state index in [0.29, 0.717) is 5.56 Å². The van der Waals surface area contributed by atoms with Crippen LogP contribution in [0.2, 0.25) is 0 Å². The van der Waals surface area contributed by atoms with E-state index in [1.54, 1.807) is 0 Å². The fourth-order valence-electron chi connectivity index (χ4n) is 2.77. The van der Waals surface area contributed by atoms with Crippen molar-refractivity contribution in [3.05, 3.63) is 65.5 Å². The zero-order valence-electron chi connectivity index (χ0n) is 13.5. The summed E-state index contributed by atoms with van der Waals surface area (Å²) in [6, 6.07) is 15.4. The van der Waals surface area contributed by atoms with Gasteiger partial charge < -0.3 is 10.3 Å². The topological polar surface area (TPSA) is 57.8 Å². The minimum absolute atomic E-state index is 0.0537.